The molecule has 0 aromatic heterocycles. The highest BCUT2D eigenvalue weighted by Crippen LogP contribution is 2.18. The molecular formula is C10H7Cl4NO2. The van der Waals surface area contributed by atoms with Crippen LogP contribution in [0.2, 0.25) is 5.02 Å². The third-order valence-corrected chi connectivity index (χ3v) is 2.83. The predicted octanol–water partition coefficient (Wildman–Crippen LogP) is 4.77. The van der Waals surface area contributed by atoms with Gasteiger partial charge in [-0.2, -0.15) is 0 Å². The smallest absolute Gasteiger partial charge is 0.411 e. The largest absolute Gasteiger partial charge is 0.443 e. The fourth-order valence-corrected chi connectivity index (χ4v) is 1.16. The van der Waals surface area contributed by atoms with Crippen molar-refractivity contribution in [2.24, 2.45) is 0 Å². The summed E-state index contributed by atoms with van der Waals surface area (Å²) in [5.74, 6) is 0. The Labute approximate surface area is 118 Å². The number of carbonyl (C=O) groups is 1. The van der Waals surface area contributed by atoms with E-state index in [-0.39, 0.29) is 16.1 Å². The summed E-state index contributed by atoms with van der Waals surface area (Å²) in [5.41, 5.74) is 0.552. The van der Waals surface area contributed by atoms with Gasteiger partial charge in [0.25, 0.3) is 0 Å². The van der Waals surface area contributed by atoms with Crippen molar-refractivity contribution in [1.29, 1.82) is 0 Å². The molecule has 0 fully saturated rings. The maximum atomic E-state index is 11.3. The van der Waals surface area contributed by atoms with Gasteiger partial charge >= 0.3 is 6.09 Å². The van der Waals surface area contributed by atoms with Crippen molar-refractivity contribution < 1.29 is 9.53 Å². The summed E-state index contributed by atoms with van der Waals surface area (Å²) in [4.78, 5) is 11.3. The molecule has 0 bridgehead atoms. The molecule has 1 aromatic carbocycles. The van der Waals surface area contributed by atoms with E-state index in [2.05, 4.69) is 5.32 Å². The topological polar surface area (TPSA) is 38.3 Å². The molecule has 0 spiro atoms. The lowest BCUT2D eigenvalue weighted by Crippen LogP contribution is -2.14. The number of hydrogen-bond donors (Lipinski definition) is 1. The molecule has 0 saturated heterocycles. The fraction of sp³-hybridized carbons (Fsp3) is 0.100. The van der Waals surface area contributed by atoms with Crippen LogP contribution in [0.5, 0.6) is 0 Å². The zero-order chi connectivity index (χ0) is 12.8. The normalized spacial score (nSPS) is 9.65. The standard InChI is InChI=1S/C10H7Cl4NO2/c11-6-1-3-7(4-2-6)15-10(16)17-5-8(12)9(13)14/h1-4H,5H2,(H,15,16). The number of benzene rings is 1. The van der Waals surface area contributed by atoms with Crippen molar-refractivity contribution >= 4 is 58.2 Å². The Morgan fingerprint density at radius 1 is 1.18 bits per heavy atom. The SMILES string of the molecule is O=C(Nc1ccc(Cl)cc1)OCC(Cl)=C(Cl)Cl. The molecule has 1 N–H and O–H groups in total. The first-order chi connectivity index (χ1) is 7.99. The summed E-state index contributed by atoms with van der Waals surface area (Å²) >= 11 is 22.0. The van der Waals surface area contributed by atoms with Gasteiger partial charge in [-0.05, 0) is 24.3 Å². The highest BCUT2D eigenvalue weighted by molar-refractivity contribution is 6.59. The van der Waals surface area contributed by atoms with Gasteiger partial charge in [0, 0.05) is 10.7 Å². The van der Waals surface area contributed by atoms with Crippen molar-refractivity contribution in [1.82, 2.24) is 0 Å². The highest BCUT2D eigenvalue weighted by Gasteiger charge is 2.06. The van der Waals surface area contributed by atoms with E-state index >= 15 is 0 Å². The predicted molar refractivity (Wildman–Crippen MR) is 71.0 cm³/mol. The van der Waals surface area contributed by atoms with E-state index in [9.17, 15) is 4.79 Å². The van der Waals surface area contributed by atoms with Crippen LogP contribution >= 0.6 is 46.4 Å². The first-order valence-corrected chi connectivity index (χ1v) is 5.89. The molecule has 0 atom stereocenters. The van der Waals surface area contributed by atoms with Gasteiger partial charge in [0.05, 0.1) is 5.03 Å². The molecular weight excluding hydrogens is 308 g/mol. The van der Waals surface area contributed by atoms with Crippen molar-refractivity contribution in [3.63, 3.8) is 0 Å². The van der Waals surface area contributed by atoms with E-state index in [1.165, 1.54) is 0 Å². The van der Waals surface area contributed by atoms with Crippen LogP contribution in [0.25, 0.3) is 0 Å². The molecule has 0 aliphatic carbocycles. The number of halogens is 4. The van der Waals surface area contributed by atoms with Crippen molar-refractivity contribution in [2.75, 3.05) is 11.9 Å². The summed E-state index contributed by atoms with van der Waals surface area (Å²) in [6.07, 6.45) is -0.667. The second kappa shape index (κ2) is 6.97. The Kier molecular flexibility index (Phi) is 5.92. The number of nitrogens with one attached hydrogen (secondary N) is 1. The highest BCUT2D eigenvalue weighted by atomic mass is 35.5. The zero-order valence-corrected chi connectivity index (χ0v) is 11.4. The molecule has 1 aromatic rings. The molecule has 1 amide bonds. The summed E-state index contributed by atoms with van der Waals surface area (Å²) in [6, 6.07) is 6.55. The Hall–Kier alpha value is -0.610. The fourth-order valence-electron chi connectivity index (χ4n) is 0.871. The molecule has 92 valence electrons. The molecule has 17 heavy (non-hydrogen) atoms. The minimum Gasteiger partial charge on any atom is -0.443 e. The van der Waals surface area contributed by atoms with Crippen LogP contribution in [0, 0.1) is 0 Å². The Balaban J connectivity index is 2.45. The van der Waals surface area contributed by atoms with Gasteiger partial charge in [0.2, 0.25) is 0 Å². The van der Waals surface area contributed by atoms with Gasteiger partial charge in [0.15, 0.2) is 0 Å². The third-order valence-electron chi connectivity index (χ3n) is 1.63. The van der Waals surface area contributed by atoms with Gasteiger partial charge in [-0.3, -0.25) is 5.32 Å². The Morgan fingerprint density at radius 2 is 1.76 bits per heavy atom. The summed E-state index contributed by atoms with van der Waals surface area (Å²) in [5, 5.41) is 3.10. The maximum absolute atomic E-state index is 11.3. The minimum absolute atomic E-state index is 0.0552. The molecule has 0 aliphatic heterocycles. The molecule has 3 nitrogen and oxygen atoms in total. The van der Waals surface area contributed by atoms with Gasteiger partial charge in [-0.1, -0.05) is 46.4 Å². The first-order valence-electron chi connectivity index (χ1n) is 4.38. The third kappa shape index (κ3) is 5.50. The lowest BCUT2D eigenvalue weighted by molar-refractivity contribution is 0.173. The van der Waals surface area contributed by atoms with E-state index < -0.39 is 6.09 Å². The second-order valence-corrected chi connectivity index (χ2v) is 4.72. The molecule has 0 radical (unpaired) electrons. The van der Waals surface area contributed by atoms with E-state index in [4.69, 9.17) is 51.1 Å². The maximum Gasteiger partial charge on any atom is 0.411 e. The molecule has 0 unspecified atom stereocenters. The Morgan fingerprint density at radius 3 is 2.29 bits per heavy atom. The molecule has 7 heteroatoms. The van der Waals surface area contributed by atoms with Gasteiger partial charge in [0.1, 0.15) is 11.1 Å². The van der Waals surface area contributed by atoms with E-state index in [0.29, 0.717) is 10.7 Å². The summed E-state index contributed by atoms with van der Waals surface area (Å²) in [7, 11) is 0. The van der Waals surface area contributed by atoms with E-state index in [1.54, 1.807) is 24.3 Å². The monoisotopic (exact) mass is 313 g/mol. The lowest BCUT2D eigenvalue weighted by Gasteiger charge is -2.06. The summed E-state index contributed by atoms with van der Waals surface area (Å²) in [6.45, 7) is -0.191. The molecule has 0 saturated carbocycles. The number of anilines is 1. The zero-order valence-electron chi connectivity index (χ0n) is 8.34. The van der Waals surface area contributed by atoms with Gasteiger partial charge in [-0.15, -0.1) is 0 Å². The number of hydrogen-bond acceptors (Lipinski definition) is 2. The average Bonchev–Trinajstić information content (AvgIpc) is 2.29. The van der Waals surface area contributed by atoms with Crippen LogP contribution in [0.3, 0.4) is 0 Å². The van der Waals surface area contributed by atoms with E-state index in [1.807, 2.05) is 0 Å². The lowest BCUT2D eigenvalue weighted by atomic mass is 10.3. The first kappa shape index (κ1) is 14.5. The van der Waals surface area contributed by atoms with Gasteiger partial charge in [-0.25, -0.2) is 4.79 Å². The number of amides is 1. The van der Waals surface area contributed by atoms with Gasteiger partial charge < -0.3 is 4.74 Å². The number of carbonyl (C=O) groups excluding carboxylic acids is 1. The molecule has 0 heterocycles. The van der Waals surface area contributed by atoms with Crippen LogP contribution in [-0.2, 0) is 4.74 Å². The van der Waals surface area contributed by atoms with Crippen LogP contribution in [0.1, 0.15) is 0 Å². The van der Waals surface area contributed by atoms with Crippen molar-refractivity contribution in [3.05, 3.63) is 38.8 Å². The minimum atomic E-state index is -0.667. The Bertz CT molecular complexity index is 426. The van der Waals surface area contributed by atoms with Crippen molar-refractivity contribution in [2.45, 2.75) is 0 Å². The number of rotatable bonds is 3. The van der Waals surface area contributed by atoms with Crippen LogP contribution in [0.4, 0.5) is 10.5 Å². The average molecular weight is 315 g/mol. The molecule has 1 rings (SSSR count). The summed E-state index contributed by atoms with van der Waals surface area (Å²) < 4.78 is 4.62. The van der Waals surface area contributed by atoms with Crippen molar-refractivity contribution in [3.8, 4) is 0 Å². The van der Waals surface area contributed by atoms with E-state index in [0.717, 1.165) is 0 Å². The number of ether oxygens (including phenoxy) is 1. The quantitative estimate of drug-likeness (QED) is 0.872. The second-order valence-electron chi connectivity index (χ2n) is 2.87. The van der Waals surface area contributed by atoms with Crippen LogP contribution in [0.15, 0.2) is 33.8 Å². The van der Waals surface area contributed by atoms with Crippen LogP contribution < -0.4 is 5.32 Å². The van der Waals surface area contributed by atoms with Crippen LogP contribution in [-0.4, -0.2) is 12.7 Å². The molecule has 0 aliphatic rings.